The van der Waals surface area contributed by atoms with Crippen molar-refractivity contribution in [2.24, 2.45) is 7.05 Å². The quantitative estimate of drug-likeness (QED) is 0.377. The zero-order valence-electron chi connectivity index (χ0n) is 19.1. The van der Waals surface area contributed by atoms with Crippen molar-refractivity contribution in [3.05, 3.63) is 87.7 Å². The number of esters is 1. The molecule has 34 heavy (non-hydrogen) atoms. The van der Waals surface area contributed by atoms with Crippen LogP contribution >= 0.6 is 11.6 Å². The minimum Gasteiger partial charge on any atom is -0.452 e. The second-order valence-corrected chi connectivity index (χ2v) is 7.97. The highest BCUT2D eigenvalue weighted by molar-refractivity contribution is 6.31. The van der Waals surface area contributed by atoms with Crippen LogP contribution in [0, 0.1) is 13.8 Å². The summed E-state index contributed by atoms with van der Waals surface area (Å²) in [5.74, 6) is -1.62. The molecule has 0 atom stereocenters. The molecule has 176 valence electrons. The van der Waals surface area contributed by atoms with E-state index in [1.165, 1.54) is 16.8 Å². The van der Waals surface area contributed by atoms with E-state index in [1.807, 2.05) is 31.2 Å². The molecule has 2 N–H and O–H groups in total. The van der Waals surface area contributed by atoms with E-state index in [-0.39, 0.29) is 5.91 Å². The number of amides is 2. The first-order valence-electron chi connectivity index (χ1n) is 10.5. The Labute approximate surface area is 202 Å². The van der Waals surface area contributed by atoms with Gasteiger partial charge in [-0.25, -0.2) is 4.79 Å². The molecule has 0 saturated heterocycles. The summed E-state index contributed by atoms with van der Waals surface area (Å²) in [7, 11) is 1.69. The van der Waals surface area contributed by atoms with Gasteiger partial charge in [0.15, 0.2) is 6.61 Å². The lowest BCUT2D eigenvalue weighted by Crippen LogP contribution is -2.26. The topological polar surface area (TPSA) is 102 Å². The van der Waals surface area contributed by atoms with Gasteiger partial charge in [-0.3, -0.25) is 14.3 Å². The maximum absolute atomic E-state index is 12.7. The Morgan fingerprint density at radius 3 is 2.47 bits per heavy atom. The molecule has 0 spiro atoms. The SMILES string of the molecule is Cc1ccc(CNC(=O)c2ccccc2NC(=O)COC(=O)/C=C/c2c(C)nn(C)c2Cl)cc1. The number of rotatable bonds is 8. The number of para-hydroxylation sites is 1. The number of nitrogens with zero attached hydrogens (tertiary/aromatic N) is 2. The number of carbonyl (C=O) groups is 3. The summed E-state index contributed by atoms with van der Waals surface area (Å²) in [6, 6.07) is 14.4. The molecule has 2 amide bonds. The summed E-state index contributed by atoms with van der Waals surface area (Å²) < 4.78 is 6.48. The molecular weight excluding hydrogens is 456 g/mol. The zero-order chi connectivity index (χ0) is 24.7. The molecule has 0 aliphatic rings. The molecule has 0 bridgehead atoms. The number of hydrogen-bond donors (Lipinski definition) is 2. The summed E-state index contributed by atoms with van der Waals surface area (Å²) in [5.41, 5.74) is 3.97. The number of nitrogens with one attached hydrogen (secondary N) is 2. The van der Waals surface area contributed by atoms with Gasteiger partial charge in [-0.2, -0.15) is 5.10 Å². The van der Waals surface area contributed by atoms with Crippen molar-refractivity contribution in [3.8, 4) is 0 Å². The normalized spacial score (nSPS) is 10.8. The highest BCUT2D eigenvalue weighted by Gasteiger charge is 2.14. The average molecular weight is 481 g/mol. The summed E-state index contributed by atoms with van der Waals surface area (Å²) in [6.07, 6.45) is 2.66. The molecular formula is C25H25ClN4O4. The van der Waals surface area contributed by atoms with E-state index in [1.54, 1.807) is 38.2 Å². The molecule has 2 aromatic carbocycles. The standard InChI is InChI=1S/C25H25ClN4O4/c1-16-8-10-18(11-9-16)14-27-25(33)20-6-4-5-7-21(20)28-22(31)15-34-23(32)13-12-19-17(2)29-30(3)24(19)26/h4-13H,14-15H2,1-3H3,(H,27,33)(H,28,31)/b13-12+. The first-order chi connectivity index (χ1) is 16.2. The molecule has 0 radical (unpaired) electrons. The van der Waals surface area contributed by atoms with E-state index in [0.29, 0.717) is 34.2 Å². The van der Waals surface area contributed by atoms with Crippen LogP contribution in [0.25, 0.3) is 6.08 Å². The van der Waals surface area contributed by atoms with Gasteiger partial charge < -0.3 is 15.4 Å². The number of benzene rings is 2. The lowest BCUT2D eigenvalue weighted by atomic mass is 10.1. The van der Waals surface area contributed by atoms with Crippen LogP contribution in [-0.2, 0) is 27.9 Å². The van der Waals surface area contributed by atoms with E-state index in [9.17, 15) is 14.4 Å². The predicted octanol–water partition coefficient (Wildman–Crippen LogP) is 3.82. The van der Waals surface area contributed by atoms with Crippen LogP contribution in [0.15, 0.2) is 54.6 Å². The lowest BCUT2D eigenvalue weighted by Gasteiger charge is -2.11. The molecule has 1 heterocycles. The number of ether oxygens (including phenoxy) is 1. The van der Waals surface area contributed by atoms with Crippen molar-refractivity contribution < 1.29 is 19.1 Å². The Hall–Kier alpha value is -3.91. The Morgan fingerprint density at radius 1 is 1.09 bits per heavy atom. The van der Waals surface area contributed by atoms with Gasteiger partial charge in [-0.1, -0.05) is 53.6 Å². The van der Waals surface area contributed by atoms with Gasteiger partial charge in [-0.05, 0) is 37.6 Å². The van der Waals surface area contributed by atoms with Crippen molar-refractivity contribution in [1.29, 1.82) is 0 Å². The van der Waals surface area contributed by atoms with Crippen LogP contribution in [0.5, 0.6) is 0 Å². The van der Waals surface area contributed by atoms with E-state index in [0.717, 1.165) is 11.1 Å². The molecule has 0 saturated carbocycles. The Bertz CT molecular complexity index is 1230. The van der Waals surface area contributed by atoms with E-state index >= 15 is 0 Å². The number of carbonyl (C=O) groups excluding carboxylic acids is 3. The number of halogens is 1. The van der Waals surface area contributed by atoms with Crippen molar-refractivity contribution in [3.63, 3.8) is 0 Å². The summed E-state index contributed by atoms with van der Waals surface area (Å²) in [6.45, 7) is 3.60. The van der Waals surface area contributed by atoms with Crippen LogP contribution < -0.4 is 10.6 Å². The van der Waals surface area contributed by atoms with Crippen LogP contribution in [0.1, 0.15) is 32.7 Å². The average Bonchev–Trinajstić information content (AvgIpc) is 3.06. The molecule has 3 rings (SSSR count). The highest BCUT2D eigenvalue weighted by Crippen LogP contribution is 2.20. The van der Waals surface area contributed by atoms with Crippen molar-refractivity contribution in [2.45, 2.75) is 20.4 Å². The van der Waals surface area contributed by atoms with Gasteiger partial charge in [0, 0.05) is 25.2 Å². The maximum atomic E-state index is 12.7. The maximum Gasteiger partial charge on any atom is 0.331 e. The van der Waals surface area contributed by atoms with Crippen LogP contribution in [-0.4, -0.2) is 34.2 Å². The zero-order valence-corrected chi connectivity index (χ0v) is 19.8. The van der Waals surface area contributed by atoms with E-state index < -0.39 is 18.5 Å². The van der Waals surface area contributed by atoms with E-state index in [4.69, 9.17) is 16.3 Å². The fraction of sp³-hybridized carbons (Fsp3) is 0.200. The van der Waals surface area contributed by atoms with Gasteiger partial charge in [0.1, 0.15) is 5.15 Å². The van der Waals surface area contributed by atoms with Gasteiger partial charge >= 0.3 is 5.97 Å². The molecule has 0 aliphatic heterocycles. The lowest BCUT2D eigenvalue weighted by molar-refractivity contribution is -0.142. The van der Waals surface area contributed by atoms with Crippen LogP contribution in [0.3, 0.4) is 0 Å². The molecule has 0 aliphatic carbocycles. The predicted molar refractivity (Wildman–Crippen MR) is 130 cm³/mol. The molecule has 8 nitrogen and oxygen atoms in total. The second kappa shape index (κ2) is 11.3. The summed E-state index contributed by atoms with van der Waals surface area (Å²) in [5, 5.41) is 9.99. The van der Waals surface area contributed by atoms with Crippen molar-refractivity contribution in [1.82, 2.24) is 15.1 Å². The Kier molecular flexibility index (Phi) is 8.21. The second-order valence-electron chi connectivity index (χ2n) is 7.62. The summed E-state index contributed by atoms with van der Waals surface area (Å²) >= 11 is 6.12. The third-order valence-corrected chi connectivity index (χ3v) is 5.40. The third-order valence-electron chi connectivity index (χ3n) is 4.95. The number of anilines is 1. The molecule has 1 aromatic heterocycles. The van der Waals surface area contributed by atoms with Crippen LogP contribution in [0.4, 0.5) is 5.69 Å². The number of aromatic nitrogens is 2. The van der Waals surface area contributed by atoms with Gasteiger partial charge in [-0.15, -0.1) is 0 Å². The Morgan fingerprint density at radius 2 is 1.79 bits per heavy atom. The minimum atomic E-state index is -0.710. The monoisotopic (exact) mass is 480 g/mol. The fourth-order valence-electron chi connectivity index (χ4n) is 3.13. The first kappa shape index (κ1) is 24.7. The highest BCUT2D eigenvalue weighted by atomic mass is 35.5. The largest absolute Gasteiger partial charge is 0.452 e. The van der Waals surface area contributed by atoms with Crippen LogP contribution in [0.2, 0.25) is 5.15 Å². The fourth-order valence-corrected chi connectivity index (χ4v) is 3.37. The van der Waals surface area contributed by atoms with Crippen molar-refractivity contribution in [2.75, 3.05) is 11.9 Å². The molecule has 3 aromatic rings. The number of aryl methyl sites for hydroxylation is 3. The summed E-state index contributed by atoms with van der Waals surface area (Å²) in [4.78, 5) is 37.0. The smallest absolute Gasteiger partial charge is 0.331 e. The minimum absolute atomic E-state index is 0.302. The Balaban J connectivity index is 1.54. The molecule has 0 fully saturated rings. The first-order valence-corrected chi connectivity index (χ1v) is 10.9. The number of hydrogen-bond acceptors (Lipinski definition) is 5. The third kappa shape index (κ3) is 6.55. The molecule has 0 unspecified atom stereocenters. The van der Waals surface area contributed by atoms with E-state index in [2.05, 4.69) is 15.7 Å². The molecule has 9 heteroatoms. The van der Waals surface area contributed by atoms with Gasteiger partial charge in [0.25, 0.3) is 11.8 Å². The van der Waals surface area contributed by atoms with Gasteiger partial charge in [0.2, 0.25) is 0 Å². The van der Waals surface area contributed by atoms with Gasteiger partial charge in [0.05, 0.1) is 16.9 Å². The van der Waals surface area contributed by atoms with Crippen molar-refractivity contribution >= 4 is 41.1 Å².